The van der Waals surface area contributed by atoms with Gasteiger partial charge in [-0.1, -0.05) is 0 Å². The molecule has 0 aromatic heterocycles. The zero-order valence-corrected chi connectivity index (χ0v) is 12.1. The van der Waals surface area contributed by atoms with E-state index in [2.05, 4.69) is 0 Å². The molecule has 0 saturated carbocycles. The Hall–Kier alpha value is 2.83. The second kappa shape index (κ2) is 17.0. The van der Waals surface area contributed by atoms with Gasteiger partial charge < -0.3 is 0 Å². The summed E-state index contributed by atoms with van der Waals surface area (Å²) in [6.07, 6.45) is 0. The average molecular weight is 342 g/mol. The van der Waals surface area contributed by atoms with Crippen LogP contribution < -0.4 is 0 Å². The van der Waals surface area contributed by atoms with Crippen molar-refractivity contribution in [3.8, 4) is 0 Å². The predicted molar refractivity (Wildman–Crippen MR) is 0 cm³/mol. The van der Waals surface area contributed by atoms with Crippen molar-refractivity contribution in [2.24, 2.45) is 0 Å². The molecule has 0 aromatic rings. The molecule has 0 radical (unpaired) electrons. The van der Waals surface area contributed by atoms with Crippen LogP contribution in [0.2, 0.25) is 0 Å². The Bertz CT molecular complexity index is 4.00. The summed E-state index contributed by atoms with van der Waals surface area (Å²) in [6.45, 7) is 0. The van der Waals surface area contributed by atoms with Gasteiger partial charge >= 0.3 is 0 Å². The molecule has 0 nitrogen and oxygen atoms in total. The van der Waals surface area contributed by atoms with Crippen LogP contribution in [0.4, 0.5) is 0 Å². The third kappa shape index (κ3) is 8.85. The van der Waals surface area contributed by atoms with Crippen LogP contribution in [-0.4, -0.2) is 0 Å². The zero-order chi connectivity index (χ0) is 0. The molecule has 0 aliphatic rings. The third-order valence-corrected chi connectivity index (χ3v) is 0. The Morgan fingerprint density at radius 1 is 0.500 bits per heavy atom. The molecule has 4 heteroatoms. The first-order valence-electron chi connectivity index (χ1n) is 0. The van der Waals surface area contributed by atoms with Crippen molar-refractivity contribution in [2.45, 2.75) is 0 Å². The second-order valence-electron chi connectivity index (χ2n) is 0. The summed E-state index contributed by atoms with van der Waals surface area (Å²) in [4.78, 5) is 0. The van der Waals surface area contributed by atoms with Gasteiger partial charge in [0.05, 0.1) is 0 Å². The minimum absolute atomic E-state index is 0. The maximum Gasteiger partial charge on any atom is 0 e. The molecule has 0 heterocycles. The van der Waals surface area contributed by atoms with Crippen LogP contribution in [0.25, 0.3) is 0 Å². The van der Waals surface area contributed by atoms with Gasteiger partial charge in [-0.25, -0.2) is 0 Å². The van der Waals surface area contributed by atoms with Crippen LogP contribution in [0.3, 0.4) is 0 Å². The maximum atomic E-state index is 0. The monoisotopic (exact) mass is 344 g/mol. The van der Waals surface area contributed by atoms with Crippen LogP contribution in [-0.2, 0) is 87.6 Å². The molecule has 0 amide bonds. The van der Waals surface area contributed by atoms with E-state index >= 15 is 0 Å². The fraction of sp³-hybridized carbons (Fsp3) is 0. The topological polar surface area (TPSA) is 0 Å². The molecular weight excluding hydrogens is 342 g/mol. The van der Waals surface area contributed by atoms with E-state index in [0.29, 0.717) is 0 Å². The van der Waals surface area contributed by atoms with Crippen molar-refractivity contribution in [1.29, 1.82) is 0 Å². The molecule has 0 aliphatic heterocycles. The van der Waals surface area contributed by atoms with Crippen molar-refractivity contribution in [2.75, 3.05) is 0 Å². The molecule has 24 valence electrons. The molecule has 0 fully saturated rings. The van der Waals surface area contributed by atoms with Crippen molar-refractivity contribution in [3.05, 3.63) is 0 Å². The SMILES string of the molecule is [Cd].[Cd].[Ni].[Ni]. The first-order valence-corrected chi connectivity index (χ1v) is 0. The molecule has 4 heavy (non-hydrogen) atoms. The molecule has 0 N–H and O–H groups in total. The Morgan fingerprint density at radius 2 is 0.500 bits per heavy atom. The van der Waals surface area contributed by atoms with E-state index in [0.717, 1.165) is 0 Å². The molecule has 0 saturated heterocycles. The van der Waals surface area contributed by atoms with Gasteiger partial charge in [0.2, 0.25) is 0 Å². The molecule has 0 rings (SSSR count). The quantitative estimate of drug-likeness (QED) is 0.544. The van der Waals surface area contributed by atoms with E-state index in [1.165, 1.54) is 0 Å². The minimum atomic E-state index is 0. The molecule has 0 unspecified atom stereocenters. The Morgan fingerprint density at radius 3 is 0.500 bits per heavy atom. The molecular formula is Cd2Ni2. The van der Waals surface area contributed by atoms with Gasteiger partial charge in [0, 0.05) is 87.6 Å². The van der Waals surface area contributed by atoms with Crippen LogP contribution in [0, 0.1) is 0 Å². The van der Waals surface area contributed by atoms with Crippen LogP contribution in [0.15, 0.2) is 0 Å². The number of hydrogen-bond donors (Lipinski definition) is 0. The summed E-state index contributed by atoms with van der Waals surface area (Å²) in [6, 6.07) is 0. The van der Waals surface area contributed by atoms with Crippen LogP contribution in [0.1, 0.15) is 0 Å². The fourth-order valence-electron chi connectivity index (χ4n) is 0. The largest absolute Gasteiger partial charge is 0 e. The van der Waals surface area contributed by atoms with Gasteiger partial charge in [0.15, 0.2) is 0 Å². The first-order chi connectivity index (χ1) is 0. The van der Waals surface area contributed by atoms with E-state index in [1.54, 1.807) is 0 Å². The standard InChI is InChI=1S/2Cd.2Ni. The average Bonchev–Trinajstić information content (AvgIpc) is 0. The number of rotatable bonds is 0. The first kappa shape index (κ1) is 29.0. The van der Waals surface area contributed by atoms with E-state index in [4.69, 9.17) is 0 Å². The van der Waals surface area contributed by atoms with Gasteiger partial charge in [-0.2, -0.15) is 0 Å². The minimum Gasteiger partial charge on any atom is 0 e. The molecule has 0 bridgehead atoms. The van der Waals surface area contributed by atoms with Crippen molar-refractivity contribution >= 4 is 0 Å². The number of hydrogen-bond acceptors (Lipinski definition) is 0. The summed E-state index contributed by atoms with van der Waals surface area (Å²) < 4.78 is 0. The summed E-state index contributed by atoms with van der Waals surface area (Å²) in [7, 11) is 0. The summed E-state index contributed by atoms with van der Waals surface area (Å²) in [5, 5.41) is 0. The van der Waals surface area contributed by atoms with E-state index in [-0.39, 0.29) is 87.6 Å². The van der Waals surface area contributed by atoms with E-state index < -0.39 is 0 Å². The fourth-order valence-corrected chi connectivity index (χ4v) is 0. The van der Waals surface area contributed by atoms with E-state index in [1.807, 2.05) is 0 Å². The summed E-state index contributed by atoms with van der Waals surface area (Å²) in [5.74, 6) is 0. The second-order valence-corrected chi connectivity index (χ2v) is 0. The Labute approximate surface area is 86.0 Å². The van der Waals surface area contributed by atoms with Gasteiger partial charge in [0.1, 0.15) is 0 Å². The maximum absolute atomic E-state index is 0. The summed E-state index contributed by atoms with van der Waals surface area (Å²) in [5.41, 5.74) is 0. The van der Waals surface area contributed by atoms with Crippen molar-refractivity contribution < 1.29 is 87.6 Å². The normalized spacial score (nSPS) is 0. The Kier molecular flexibility index (Phi) is 123. The van der Waals surface area contributed by atoms with Crippen LogP contribution >= 0.6 is 0 Å². The molecule has 0 atom stereocenters. The van der Waals surface area contributed by atoms with Gasteiger partial charge in [-0.05, 0) is 0 Å². The third-order valence-electron chi connectivity index (χ3n) is 0. The van der Waals surface area contributed by atoms with Gasteiger partial charge in [0.25, 0.3) is 0 Å². The predicted octanol–water partition coefficient (Wildman–Crippen LogP) is -0.0100. The van der Waals surface area contributed by atoms with Crippen molar-refractivity contribution in [3.63, 3.8) is 0 Å². The van der Waals surface area contributed by atoms with Crippen molar-refractivity contribution in [1.82, 2.24) is 0 Å². The van der Waals surface area contributed by atoms with Gasteiger partial charge in [-0.15, -0.1) is 0 Å². The van der Waals surface area contributed by atoms with E-state index in [9.17, 15) is 0 Å². The van der Waals surface area contributed by atoms with Crippen LogP contribution in [0.5, 0.6) is 0 Å². The zero-order valence-electron chi connectivity index (χ0n) is 2.05. The smallest absolute Gasteiger partial charge is 0 e. The van der Waals surface area contributed by atoms with Gasteiger partial charge in [-0.3, -0.25) is 0 Å². The molecule has 0 aromatic carbocycles. The summed E-state index contributed by atoms with van der Waals surface area (Å²) >= 11 is 0. The molecule has 0 spiro atoms. The Balaban J connectivity index is 0. The molecule has 0 aliphatic carbocycles.